The number of carbonyl (C=O) groups excluding carboxylic acids is 1. The van der Waals surface area contributed by atoms with Crippen LogP contribution in [0.5, 0.6) is 0 Å². The number of rotatable bonds is 5. The smallest absolute Gasteiger partial charge is 0.276 e. The van der Waals surface area contributed by atoms with Crippen molar-refractivity contribution in [3.8, 4) is 0 Å². The second kappa shape index (κ2) is 6.70. The fourth-order valence-corrected chi connectivity index (χ4v) is 2.74. The molecule has 6 heteroatoms. The first-order chi connectivity index (χ1) is 10.7. The molecule has 0 radical (unpaired) electrons. The van der Waals surface area contributed by atoms with E-state index in [4.69, 9.17) is 4.52 Å². The molecule has 1 N–H and O–H groups in total. The number of nitrogens with zero attached hydrogens (tertiary/aromatic N) is 3. The molecule has 0 saturated carbocycles. The van der Waals surface area contributed by atoms with E-state index < -0.39 is 0 Å². The van der Waals surface area contributed by atoms with E-state index >= 15 is 0 Å². The van der Waals surface area contributed by atoms with Crippen LogP contribution in [0.4, 0.5) is 0 Å². The van der Waals surface area contributed by atoms with E-state index in [-0.39, 0.29) is 5.91 Å². The van der Waals surface area contributed by atoms with Crippen molar-refractivity contribution in [3.63, 3.8) is 0 Å². The average molecular weight is 300 g/mol. The van der Waals surface area contributed by atoms with Gasteiger partial charge in [-0.3, -0.25) is 9.78 Å². The summed E-state index contributed by atoms with van der Waals surface area (Å²) < 4.78 is 5.03. The average Bonchev–Trinajstić information content (AvgIpc) is 3.18. The molecule has 1 amide bonds. The van der Waals surface area contributed by atoms with E-state index in [1.54, 1.807) is 25.4 Å². The Morgan fingerprint density at radius 2 is 2.45 bits per heavy atom. The molecule has 22 heavy (non-hydrogen) atoms. The number of nitrogens with one attached hydrogen (secondary N) is 1. The predicted molar refractivity (Wildman–Crippen MR) is 81.2 cm³/mol. The van der Waals surface area contributed by atoms with Gasteiger partial charge in [-0.2, -0.15) is 0 Å². The molecule has 3 rings (SSSR count). The van der Waals surface area contributed by atoms with Gasteiger partial charge in [0.25, 0.3) is 5.91 Å². The summed E-state index contributed by atoms with van der Waals surface area (Å²) in [7, 11) is 0. The van der Waals surface area contributed by atoms with Gasteiger partial charge in [-0.15, -0.1) is 0 Å². The number of hydrogen-bond acceptors (Lipinski definition) is 5. The minimum absolute atomic E-state index is 0.0902. The van der Waals surface area contributed by atoms with Crippen LogP contribution in [0.1, 0.15) is 28.2 Å². The first-order valence-corrected chi connectivity index (χ1v) is 7.54. The van der Waals surface area contributed by atoms with Crippen molar-refractivity contribution < 1.29 is 9.32 Å². The maximum atomic E-state index is 12.7. The molecule has 2 aromatic rings. The summed E-state index contributed by atoms with van der Waals surface area (Å²) in [5, 5.41) is 7.20. The zero-order valence-corrected chi connectivity index (χ0v) is 12.7. The largest absolute Gasteiger partial charge is 0.361 e. The molecular weight excluding hydrogens is 280 g/mol. The minimum Gasteiger partial charge on any atom is -0.361 e. The van der Waals surface area contributed by atoms with E-state index in [2.05, 4.69) is 15.5 Å². The van der Waals surface area contributed by atoms with Crippen LogP contribution in [0.2, 0.25) is 0 Å². The van der Waals surface area contributed by atoms with Crippen molar-refractivity contribution in [1.82, 2.24) is 20.4 Å². The summed E-state index contributed by atoms with van der Waals surface area (Å²) in [6.07, 6.45) is 4.62. The standard InChI is InChI=1S/C16H20N4O2/c1-12-7-15(19-22-12)16(21)20(11-14-4-6-18-9-14)10-13-3-2-5-17-8-13/h2-3,5,7-8,14,18H,4,6,9-11H2,1H3/t14-/m0/s1. The van der Waals surface area contributed by atoms with Crippen LogP contribution in [-0.4, -0.2) is 40.6 Å². The molecule has 1 aliphatic rings. The van der Waals surface area contributed by atoms with E-state index in [1.807, 2.05) is 17.0 Å². The Balaban J connectivity index is 1.76. The van der Waals surface area contributed by atoms with Gasteiger partial charge >= 0.3 is 0 Å². The first-order valence-electron chi connectivity index (χ1n) is 7.54. The van der Waals surface area contributed by atoms with Crippen molar-refractivity contribution >= 4 is 5.91 Å². The van der Waals surface area contributed by atoms with Gasteiger partial charge in [-0.05, 0) is 44.0 Å². The lowest BCUT2D eigenvalue weighted by Crippen LogP contribution is -2.35. The Morgan fingerprint density at radius 1 is 1.55 bits per heavy atom. The third kappa shape index (κ3) is 3.51. The molecule has 0 bridgehead atoms. The minimum atomic E-state index is -0.0902. The Labute approximate surface area is 129 Å². The molecule has 1 atom stereocenters. The lowest BCUT2D eigenvalue weighted by atomic mass is 10.1. The van der Waals surface area contributed by atoms with E-state index in [0.29, 0.717) is 30.5 Å². The van der Waals surface area contributed by atoms with Crippen LogP contribution < -0.4 is 5.32 Å². The van der Waals surface area contributed by atoms with Gasteiger partial charge in [0.2, 0.25) is 0 Å². The highest BCUT2D eigenvalue weighted by Crippen LogP contribution is 2.15. The van der Waals surface area contributed by atoms with Crippen molar-refractivity contribution in [2.24, 2.45) is 5.92 Å². The number of carbonyl (C=O) groups is 1. The van der Waals surface area contributed by atoms with Crippen LogP contribution in [0.3, 0.4) is 0 Å². The summed E-state index contributed by atoms with van der Waals surface area (Å²) in [6.45, 7) is 5.01. The van der Waals surface area contributed by atoms with Gasteiger partial charge in [0.1, 0.15) is 5.76 Å². The fourth-order valence-electron chi connectivity index (χ4n) is 2.74. The summed E-state index contributed by atoms with van der Waals surface area (Å²) in [4.78, 5) is 18.7. The molecule has 1 aliphatic heterocycles. The van der Waals surface area contributed by atoms with Gasteiger partial charge in [-0.25, -0.2) is 0 Å². The molecular formula is C16H20N4O2. The molecule has 1 saturated heterocycles. The van der Waals surface area contributed by atoms with Crippen molar-refractivity contribution in [1.29, 1.82) is 0 Å². The number of amides is 1. The predicted octanol–water partition coefficient (Wildman–Crippen LogP) is 1.63. The van der Waals surface area contributed by atoms with Gasteiger partial charge < -0.3 is 14.7 Å². The molecule has 116 valence electrons. The Bertz CT molecular complexity index is 620. The molecule has 6 nitrogen and oxygen atoms in total. The highest BCUT2D eigenvalue weighted by molar-refractivity contribution is 5.92. The maximum Gasteiger partial charge on any atom is 0.276 e. The van der Waals surface area contributed by atoms with Crippen LogP contribution in [-0.2, 0) is 6.54 Å². The molecule has 3 heterocycles. The number of pyridine rings is 1. The monoisotopic (exact) mass is 300 g/mol. The van der Waals surface area contributed by atoms with Crippen LogP contribution in [0, 0.1) is 12.8 Å². The second-order valence-corrected chi connectivity index (χ2v) is 5.73. The van der Waals surface area contributed by atoms with E-state index in [9.17, 15) is 4.79 Å². The van der Waals surface area contributed by atoms with Gasteiger partial charge in [-0.1, -0.05) is 11.2 Å². The SMILES string of the molecule is Cc1cc(C(=O)N(Cc2cccnc2)C[C@H]2CCNC2)no1. The fraction of sp³-hybridized carbons (Fsp3) is 0.438. The highest BCUT2D eigenvalue weighted by atomic mass is 16.5. The lowest BCUT2D eigenvalue weighted by Gasteiger charge is -2.24. The van der Waals surface area contributed by atoms with E-state index in [1.165, 1.54) is 0 Å². The molecule has 0 spiro atoms. The Morgan fingerprint density at radius 3 is 3.09 bits per heavy atom. The second-order valence-electron chi connectivity index (χ2n) is 5.73. The van der Waals surface area contributed by atoms with Gasteiger partial charge in [0, 0.05) is 31.5 Å². The Hall–Kier alpha value is -2.21. The quantitative estimate of drug-likeness (QED) is 0.908. The molecule has 0 aliphatic carbocycles. The number of aromatic nitrogens is 2. The zero-order chi connectivity index (χ0) is 15.4. The van der Waals surface area contributed by atoms with Crippen molar-refractivity contribution in [3.05, 3.63) is 47.6 Å². The zero-order valence-electron chi connectivity index (χ0n) is 12.7. The van der Waals surface area contributed by atoms with Crippen LogP contribution in [0.15, 0.2) is 35.1 Å². The number of hydrogen-bond donors (Lipinski definition) is 1. The molecule has 1 fully saturated rings. The molecule has 2 aromatic heterocycles. The highest BCUT2D eigenvalue weighted by Gasteiger charge is 2.24. The third-order valence-corrected chi connectivity index (χ3v) is 3.87. The normalized spacial score (nSPS) is 17.6. The summed E-state index contributed by atoms with van der Waals surface area (Å²) in [5.41, 5.74) is 1.38. The van der Waals surface area contributed by atoms with Crippen LogP contribution in [0.25, 0.3) is 0 Å². The van der Waals surface area contributed by atoms with E-state index in [0.717, 1.165) is 25.1 Å². The topological polar surface area (TPSA) is 71.3 Å². The number of aryl methyl sites for hydroxylation is 1. The molecule has 0 aromatic carbocycles. The summed E-state index contributed by atoms with van der Waals surface area (Å²) in [6, 6.07) is 5.55. The molecule has 0 unspecified atom stereocenters. The lowest BCUT2D eigenvalue weighted by molar-refractivity contribution is 0.0708. The summed E-state index contributed by atoms with van der Waals surface area (Å²) >= 11 is 0. The van der Waals surface area contributed by atoms with Crippen molar-refractivity contribution in [2.45, 2.75) is 19.9 Å². The van der Waals surface area contributed by atoms with Crippen molar-refractivity contribution in [2.75, 3.05) is 19.6 Å². The maximum absolute atomic E-state index is 12.7. The Kier molecular flexibility index (Phi) is 4.48. The van der Waals surface area contributed by atoms with Crippen LogP contribution >= 0.6 is 0 Å². The first kappa shape index (κ1) is 14.7. The van der Waals surface area contributed by atoms with Gasteiger partial charge in [0.05, 0.1) is 0 Å². The third-order valence-electron chi connectivity index (χ3n) is 3.87. The summed E-state index contributed by atoms with van der Waals surface area (Å²) in [5.74, 6) is 1.04. The van der Waals surface area contributed by atoms with Gasteiger partial charge in [0.15, 0.2) is 5.69 Å².